The molecule has 1 aliphatic carbocycles. The molecule has 0 amide bonds. The number of H-pyrrole nitrogens is 1. The normalized spacial score (nSPS) is 18.4. The summed E-state index contributed by atoms with van der Waals surface area (Å²) >= 11 is 6.98. The van der Waals surface area contributed by atoms with Crippen molar-refractivity contribution in [2.75, 3.05) is 6.26 Å². The molecule has 6 heteroatoms. The van der Waals surface area contributed by atoms with Crippen molar-refractivity contribution in [2.24, 2.45) is 0 Å². The van der Waals surface area contributed by atoms with E-state index in [0.717, 1.165) is 6.54 Å². The summed E-state index contributed by atoms with van der Waals surface area (Å²) in [6, 6.07) is 0. The lowest BCUT2D eigenvalue weighted by Crippen LogP contribution is -2.16. The number of hydrogen-bond donors (Lipinski definition) is 2. The first kappa shape index (κ1) is 10.2. The van der Waals surface area contributed by atoms with Gasteiger partial charge in [-0.05, 0) is 31.3 Å². The minimum absolute atomic E-state index is 0.0579. The van der Waals surface area contributed by atoms with E-state index >= 15 is 0 Å². The first-order valence-corrected chi connectivity index (χ1v) is 6.14. The Balaban J connectivity index is 2.23. The molecule has 0 radical (unpaired) electrons. The molecular formula is C8H13N3OS2. The summed E-state index contributed by atoms with van der Waals surface area (Å²) in [7, 11) is 0. The molecule has 0 aliphatic heterocycles. The topological polar surface area (TPSA) is 53.8 Å². The van der Waals surface area contributed by atoms with Crippen LogP contribution in [0.15, 0.2) is 0 Å². The molecule has 0 saturated heterocycles. The van der Waals surface area contributed by atoms with Crippen molar-refractivity contribution in [2.45, 2.75) is 30.7 Å². The Morgan fingerprint density at radius 3 is 2.93 bits per heavy atom. The second-order valence-corrected chi connectivity index (χ2v) is 5.24. The van der Waals surface area contributed by atoms with Gasteiger partial charge in [-0.3, -0.25) is 5.10 Å². The highest BCUT2D eigenvalue weighted by molar-refractivity contribution is 8.00. The number of aliphatic hydroxyl groups excluding tert-OH is 1. The van der Waals surface area contributed by atoms with Crippen molar-refractivity contribution in [3.63, 3.8) is 0 Å². The van der Waals surface area contributed by atoms with Gasteiger partial charge in [-0.25, -0.2) is 0 Å². The molecule has 2 N–H and O–H groups in total. The number of aromatic amines is 1. The van der Waals surface area contributed by atoms with E-state index in [4.69, 9.17) is 17.3 Å². The van der Waals surface area contributed by atoms with Crippen molar-refractivity contribution < 1.29 is 5.11 Å². The summed E-state index contributed by atoms with van der Waals surface area (Å²) in [5.74, 6) is 0.635. The molecule has 1 heterocycles. The number of rotatable bonds is 4. The van der Waals surface area contributed by atoms with E-state index in [2.05, 4.69) is 16.5 Å². The van der Waals surface area contributed by atoms with Gasteiger partial charge in [0, 0.05) is 11.3 Å². The fourth-order valence-electron chi connectivity index (χ4n) is 1.49. The molecule has 14 heavy (non-hydrogen) atoms. The Morgan fingerprint density at radius 2 is 2.43 bits per heavy atom. The van der Waals surface area contributed by atoms with Crippen molar-refractivity contribution in [3.05, 3.63) is 10.6 Å². The van der Waals surface area contributed by atoms with Gasteiger partial charge in [0.05, 0.1) is 0 Å². The van der Waals surface area contributed by atoms with E-state index in [0.29, 0.717) is 15.3 Å². The molecule has 1 aromatic rings. The predicted octanol–water partition coefficient (Wildman–Crippen LogP) is 1.33. The fraction of sp³-hybridized carbons (Fsp3) is 0.750. The van der Waals surface area contributed by atoms with Crippen LogP contribution in [0.2, 0.25) is 0 Å². The Morgan fingerprint density at radius 1 is 1.71 bits per heavy atom. The molecule has 78 valence electrons. The summed E-state index contributed by atoms with van der Waals surface area (Å²) in [4.78, 5) is 0. The van der Waals surface area contributed by atoms with Crippen LogP contribution in [-0.2, 0) is 13.2 Å². The smallest absolute Gasteiger partial charge is 0.195 e. The highest BCUT2D eigenvalue weighted by atomic mass is 32.2. The molecule has 0 spiro atoms. The van der Waals surface area contributed by atoms with Crippen LogP contribution in [0.5, 0.6) is 0 Å². The van der Waals surface area contributed by atoms with Gasteiger partial charge in [0.15, 0.2) is 10.6 Å². The highest BCUT2D eigenvalue weighted by Gasteiger charge is 2.42. The molecule has 1 aliphatic rings. The van der Waals surface area contributed by atoms with Crippen molar-refractivity contribution in [3.8, 4) is 0 Å². The average Bonchev–Trinajstić information content (AvgIpc) is 2.89. The van der Waals surface area contributed by atoms with E-state index in [1.54, 1.807) is 0 Å². The van der Waals surface area contributed by atoms with Crippen LogP contribution < -0.4 is 0 Å². The summed E-state index contributed by atoms with van der Waals surface area (Å²) in [6.45, 7) is 0.803. The van der Waals surface area contributed by atoms with Gasteiger partial charge in [0.1, 0.15) is 6.61 Å². The zero-order valence-corrected chi connectivity index (χ0v) is 9.62. The van der Waals surface area contributed by atoms with Crippen molar-refractivity contribution in [1.29, 1.82) is 0 Å². The minimum Gasteiger partial charge on any atom is -0.388 e. The molecule has 4 nitrogen and oxygen atoms in total. The predicted molar refractivity (Wildman–Crippen MR) is 58.8 cm³/mol. The Labute approximate surface area is 91.7 Å². The lowest BCUT2D eigenvalue weighted by molar-refractivity contribution is 0.264. The highest BCUT2D eigenvalue weighted by Crippen LogP contribution is 2.48. The Kier molecular flexibility index (Phi) is 2.68. The van der Waals surface area contributed by atoms with Crippen LogP contribution in [-0.4, -0.2) is 30.9 Å². The SMILES string of the molecule is CSC1(Cn2c(CO)n[nH]c2=S)CC1. The van der Waals surface area contributed by atoms with E-state index < -0.39 is 0 Å². The van der Waals surface area contributed by atoms with Gasteiger partial charge in [-0.2, -0.15) is 16.9 Å². The number of aromatic nitrogens is 3. The first-order chi connectivity index (χ1) is 6.71. The van der Waals surface area contributed by atoms with Crippen LogP contribution >= 0.6 is 24.0 Å². The third-order valence-electron chi connectivity index (χ3n) is 2.67. The van der Waals surface area contributed by atoms with E-state index in [9.17, 15) is 0 Å². The Hall–Kier alpha value is -0.330. The standard InChI is InChI=1S/C8H13N3OS2/c1-14-8(2-3-8)5-11-6(4-12)9-10-7(11)13/h12H,2-5H2,1H3,(H,10,13). The zero-order valence-electron chi connectivity index (χ0n) is 7.99. The van der Waals surface area contributed by atoms with Crippen LogP contribution in [0.3, 0.4) is 0 Å². The summed E-state index contributed by atoms with van der Waals surface area (Å²) in [6.07, 6.45) is 4.58. The lowest BCUT2D eigenvalue weighted by Gasteiger charge is -2.13. The maximum absolute atomic E-state index is 9.07. The van der Waals surface area contributed by atoms with Crippen LogP contribution in [0.25, 0.3) is 0 Å². The van der Waals surface area contributed by atoms with Crippen molar-refractivity contribution >= 4 is 24.0 Å². The maximum atomic E-state index is 9.07. The molecule has 0 unspecified atom stereocenters. The largest absolute Gasteiger partial charge is 0.388 e. The summed E-state index contributed by atoms with van der Waals surface area (Å²) < 4.78 is 2.85. The van der Waals surface area contributed by atoms with E-state index in [-0.39, 0.29) is 6.61 Å². The van der Waals surface area contributed by atoms with Gasteiger partial charge in [0.25, 0.3) is 0 Å². The molecule has 2 rings (SSSR count). The van der Waals surface area contributed by atoms with E-state index in [1.807, 2.05) is 16.3 Å². The monoisotopic (exact) mass is 231 g/mol. The van der Waals surface area contributed by atoms with Gasteiger partial charge >= 0.3 is 0 Å². The quantitative estimate of drug-likeness (QED) is 0.768. The first-order valence-electron chi connectivity index (χ1n) is 4.51. The van der Waals surface area contributed by atoms with Crippen LogP contribution in [0.4, 0.5) is 0 Å². The fourth-order valence-corrected chi connectivity index (χ4v) is 2.47. The molecule has 1 aromatic heterocycles. The van der Waals surface area contributed by atoms with Gasteiger partial charge in [-0.15, -0.1) is 0 Å². The Bertz CT molecular complexity index is 380. The third kappa shape index (κ3) is 1.74. The molecule has 0 aromatic carbocycles. The van der Waals surface area contributed by atoms with Gasteiger partial charge in [0.2, 0.25) is 0 Å². The second-order valence-electron chi connectivity index (χ2n) is 3.58. The average molecular weight is 231 g/mol. The number of thioether (sulfide) groups is 1. The van der Waals surface area contributed by atoms with Crippen LogP contribution in [0.1, 0.15) is 18.7 Å². The molecule has 0 atom stereocenters. The van der Waals surface area contributed by atoms with Crippen LogP contribution in [0, 0.1) is 4.77 Å². The summed E-state index contributed by atoms with van der Waals surface area (Å²) in [5.41, 5.74) is 0. The van der Waals surface area contributed by atoms with Gasteiger partial charge in [-0.1, -0.05) is 0 Å². The molecule has 0 bridgehead atoms. The zero-order chi connectivity index (χ0) is 10.2. The second kappa shape index (κ2) is 3.67. The lowest BCUT2D eigenvalue weighted by atomic mass is 10.4. The maximum Gasteiger partial charge on any atom is 0.195 e. The summed E-state index contributed by atoms with van der Waals surface area (Å²) in [5, 5.41) is 15.7. The number of hydrogen-bond acceptors (Lipinski definition) is 4. The number of nitrogens with zero attached hydrogens (tertiary/aromatic N) is 2. The van der Waals surface area contributed by atoms with Crippen molar-refractivity contribution in [1.82, 2.24) is 14.8 Å². The van der Waals surface area contributed by atoms with Gasteiger partial charge < -0.3 is 9.67 Å². The van der Waals surface area contributed by atoms with E-state index in [1.165, 1.54) is 12.8 Å². The molecule has 1 saturated carbocycles. The molecule has 1 fully saturated rings. The number of aliphatic hydroxyl groups is 1. The number of nitrogens with one attached hydrogen (secondary N) is 1. The molecular weight excluding hydrogens is 218 g/mol. The minimum atomic E-state index is -0.0579. The third-order valence-corrected chi connectivity index (χ3v) is 4.38.